The van der Waals surface area contributed by atoms with Crippen molar-refractivity contribution in [2.45, 2.75) is 39.7 Å². The van der Waals surface area contributed by atoms with Crippen molar-refractivity contribution >= 4 is 11.9 Å². The van der Waals surface area contributed by atoms with Crippen LogP contribution in [-0.2, 0) is 9.59 Å². The predicted octanol–water partition coefficient (Wildman–Crippen LogP) is 1.01. The third kappa shape index (κ3) is 2.72. The van der Waals surface area contributed by atoms with Gasteiger partial charge < -0.3 is 10.4 Å². The number of amides is 1. The Hall–Kier alpha value is -1.06. The molecule has 1 atom stereocenters. The SMILES string of the molecule is CC(C)(C)C(=O)NC(C(=O)O)C1CC1. The second-order valence-electron chi connectivity index (χ2n) is 4.88. The van der Waals surface area contributed by atoms with Crippen molar-refractivity contribution < 1.29 is 14.7 Å². The molecule has 1 aliphatic carbocycles. The second kappa shape index (κ2) is 3.59. The molecule has 1 unspecified atom stereocenters. The Morgan fingerprint density at radius 2 is 1.86 bits per heavy atom. The van der Waals surface area contributed by atoms with Gasteiger partial charge in [0, 0.05) is 5.41 Å². The quantitative estimate of drug-likeness (QED) is 0.713. The summed E-state index contributed by atoms with van der Waals surface area (Å²) < 4.78 is 0. The van der Waals surface area contributed by atoms with E-state index in [1.54, 1.807) is 20.8 Å². The van der Waals surface area contributed by atoms with Gasteiger partial charge in [0.2, 0.25) is 5.91 Å². The molecule has 2 N–H and O–H groups in total. The molecule has 1 fully saturated rings. The Morgan fingerprint density at radius 3 is 2.14 bits per heavy atom. The van der Waals surface area contributed by atoms with Crippen LogP contribution in [0.15, 0.2) is 0 Å². The lowest BCUT2D eigenvalue weighted by Gasteiger charge is -2.21. The summed E-state index contributed by atoms with van der Waals surface area (Å²) in [4.78, 5) is 22.4. The molecule has 0 aliphatic heterocycles. The molecule has 80 valence electrons. The summed E-state index contributed by atoms with van der Waals surface area (Å²) in [6, 6.07) is -0.693. The first kappa shape index (κ1) is 11.0. The van der Waals surface area contributed by atoms with Crippen LogP contribution in [-0.4, -0.2) is 23.0 Å². The first-order valence-electron chi connectivity index (χ1n) is 4.86. The van der Waals surface area contributed by atoms with Crippen LogP contribution in [0.1, 0.15) is 33.6 Å². The standard InChI is InChI=1S/C10H17NO3/c1-10(2,3)9(14)11-7(8(12)13)6-4-5-6/h6-7H,4-5H2,1-3H3,(H,11,14)(H,12,13). The lowest BCUT2D eigenvalue weighted by Crippen LogP contribution is -2.46. The molecular formula is C10H17NO3. The van der Waals surface area contributed by atoms with Gasteiger partial charge in [-0.25, -0.2) is 4.79 Å². The van der Waals surface area contributed by atoms with Crippen molar-refractivity contribution in [1.82, 2.24) is 5.32 Å². The highest BCUT2D eigenvalue weighted by molar-refractivity contribution is 5.87. The Morgan fingerprint density at radius 1 is 1.36 bits per heavy atom. The topological polar surface area (TPSA) is 66.4 Å². The van der Waals surface area contributed by atoms with E-state index in [-0.39, 0.29) is 11.8 Å². The van der Waals surface area contributed by atoms with E-state index >= 15 is 0 Å². The number of rotatable bonds is 3. The maximum Gasteiger partial charge on any atom is 0.326 e. The number of nitrogens with one attached hydrogen (secondary N) is 1. The molecule has 0 saturated heterocycles. The predicted molar refractivity (Wildman–Crippen MR) is 51.7 cm³/mol. The molecule has 14 heavy (non-hydrogen) atoms. The Labute approximate surface area is 83.7 Å². The summed E-state index contributed by atoms with van der Waals surface area (Å²) in [6.45, 7) is 5.32. The van der Waals surface area contributed by atoms with Gasteiger partial charge in [0.25, 0.3) is 0 Å². The average Bonchev–Trinajstić information content (AvgIpc) is 2.79. The fourth-order valence-electron chi connectivity index (χ4n) is 1.17. The average molecular weight is 199 g/mol. The summed E-state index contributed by atoms with van der Waals surface area (Å²) in [5.74, 6) is -0.985. The molecule has 1 saturated carbocycles. The fourth-order valence-corrected chi connectivity index (χ4v) is 1.17. The van der Waals surface area contributed by atoms with Gasteiger partial charge in [-0.05, 0) is 18.8 Å². The van der Waals surface area contributed by atoms with Crippen molar-refractivity contribution in [1.29, 1.82) is 0 Å². The van der Waals surface area contributed by atoms with E-state index in [1.807, 2.05) is 0 Å². The first-order valence-corrected chi connectivity index (χ1v) is 4.86. The minimum atomic E-state index is -0.926. The number of aliphatic carboxylic acids is 1. The molecule has 4 heteroatoms. The van der Waals surface area contributed by atoms with Crippen molar-refractivity contribution in [2.24, 2.45) is 11.3 Å². The first-order chi connectivity index (χ1) is 6.32. The van der Waals surface area contributed by atoms with Crippen LogP contribution in [0.2, 0.25) is 0 Å². The molecular weight excluding hydrogens is 182 g/mol. The van der Waals surface area contributed by atoms with E-state index in [0.717, 1.165) is 12.8 Å². The number of carboxylic acid groups (broad SMARTS) is 1. The van der Waals surface area contributed by atoms with Gasteiger partial charge in [0.05, 0.1) is 0 Å². The monoisotopic (exact) mass is 199 g/mol. The zero-order valence-electron chi connectivity index (χ0n) is 8.83. The molecule has 0 radical (unpaired) electrons. The molecule has 0 aromatic carbocycles. The smallest absolute Gasteiger partial charge is 0.326 e. The van der Waals surface area contributed by atoms with E-state index in [0.29, 0.717) is 0 Å². The summed E-state index contributed by atoms with van der Waals surface area (Å²) in [5, 5.41) is 11.5. The van der Waals surface area contributed by atoms with Crippen molar-refractivity contribution in [2.75, 3.05) is 0 Å². The maximum absolute atomic E-state index is 11.5. The third-order valence-electron chi connectivity index (χ3n) is 2.33. The fraction of sp³-hybridized carbons (Fsp3) is 0.800. The molecule has 0 bridgehead atoms. The Kier molecular flexibility index (Phi) is 2.83. The Balaban J connectivity index is 2.56. The second-order valence-corrected chi connectivity index (χ2v) is 4.88. The molecule has 1 aliphatic rings. The molecule has 1 rings (SSSR count). The molecule has 0 heterocycles. The van der Waals surface area contributed by atoms with Gasteiger partial charge in [-0.15, -0.1) is 0 Å². The molecule has 0 aromatic heterocycles. The van der Waals surface area contributed by atoms with E-state index in [4.69, 9.17) is 5.11 Å². The highest BCUT2D eigenvalue weighted by Crippen LogP contribution is 2.33. The number of carbonyl (C=O) groups excluding carboxylic acids is 1. The molecule has 0 aromatic rings. The Bertz CT molecular complexity index is 251. The van der Waals surface area contributed by atoms with E-state index < -0.39 is 17.4 Å². The van der Waals surface area contributed by atoms with Gasteiger partial charge in [-0.3, -0.25) is 4.79 Å². The van der Waals surface area contributed by atoms with Gasteiger partial charge in [-0.1, -0.05) is 20.8 Å². The van der Waals surface area contributed by atoms with Crippen LogP contribution in [0, 0.1) is 11.3 Å². The lowest BCUT2D eigenvalue weighted by molar-refractivity contribution is -0.143. The number of carboxylic acids is 1. The van der Waals surface area contributed by atoms with E-state index in [2.05, 4.69) is 5.32 Å². The molecule has 0 spiro atoms. The molecule has 4 nitrogen and oxygen atoms in total. The number of carbonyl (C=O) groups is 2. The van der Waals surface area contributed by atoms with Crippen LogP contribution in [0.3, 0.4) is 0 Å². The maximum atomic E-state index is 11.5. The van der Waals surface area contributed by atoms with Crippen LogP contribution in [0.5, 0.6) is 0 Å². The van der Waals surface area contributed by atoms with Crippen molar-refractivity contribution in [3.8, 4) is 0 Å². The van der Waals surface area contributed by atoms with Crippen molar-refractivity contribution in [3.05, 3.63) is 0 Å². The third-order valence-corrected chi connectivity index (χ3v) is 2.33. The van der Waals surface area contributed by atoms with Crippen molar-refractivity contribution in [3.63, 3.8) is 0 Å². The number of hydrogen-bond donors (Lipinski definition) is 2. The highest BCUT2D eigenvalue weighted by atomic mass is 16.4. The minimum absolute atomic E-state index is 0.138. The zero-order chi connectivity index (χ0) is 10.9. The summed E-state index contributed by atoms with van der Waals surface area (Å²) >= 11 is 0. The van der Waals surface area contributed by atoms with Crippen LogP contribution in [0.4, 0.5) is 0 Å². The summed E-state index contributed by atoms with van der Waals surface area (Å²) in [5.41, 5.74) is -0.525. The molecule has 1 amide bonds. The van der Waals surface area contributed by atoms with E-state index in [9.17, 15) is 9.59 Å². The number of hydrogen-bond acceptors (Lipinski definition) is 2. The van der Waals surface area contributed by atoms with Crippen LogP contribution < -0.4 is 5.32 Å². The van der Waals surface area contributed by atoms with Gasteiger partial charge in [0.1, 0.15) is 6.04 Å². The normalized spacial score (nSPS) is 18.8. The largest absolute Gasteiger partial charge is 0.480 e. The summed E-state index contributed by atoms with van der Waals surface area (Å²) in [7, 11) is 0. The lowest BCUT2D eigenvalue weighted by atomic mass is 9.95. The summed E-state index contributed by atoms with van der Waals surface area (Å²) in [6.07, 6.45) is 1.81. The minimum Gasteiger partial charge on any atom is -0.480 e. The van der Waals surface area contributed by atoms with Gasteiger partial charge in [0.15, 0.2) is 0 Å². The van der Waals surface area contributed by atoms with Crippen LogP contribution in [0.25, 0.3) is 0 Å². The van der Waals surface area contributed by atoms with E-state index in [1.165, 1.54) is 0 Å². The van der Waals surface area contributed by atoms with Gasteiger partial charge >= 0.3 is 5.97 Å². The van der Waals surface area contributed by atoms with Gasteiger partial charge in [-0.2, -0.15) is 0 Å². The zero-order valence-corrected chi connectivity index (χ0v) is 8.83. The highest BCUT2D eigenvalue weighted by Gasteiger charge is 2.38. The van der Waals surface area contributed by atoms with Crippen LogP contribution >= 0.6 is 0 Å².